The lowest BCUT2D eigenvalue weighted by Crippen LogP contribution is -2.48. The van der Waals surface area contributed by atoms with Gasteiger partial charge in [-0.2, -0.15) is 0 Å². The molecule has 0 aliphatic carbocycles. The van der Waals surface area contributed by atoms with Crippen LogP contribution in [0.15, 0.2) is 66.9 Å². The zero-order chi connectivity index (χ0) is 21.4. The molecule has 0 N–H and O–H groups in total. The van der Waals surface area contributed by atoms with Gasteiger partial charge in [0.1, 0.15) is 12.6 Å². The van der Waals surface area contributed by atoms with Crippen LogP contribution in [0.4, 0.5) is 5.69 Å². The number of hydrogen-bond acceptors (Lipinski definition) is 2. The normalized spacial score (nSPS) is 15.0. The largest absolute Gasteiger partial charge is 0.331 e. The molecule has 1 aromatic heterocycles. The topological polar surface area (TPSA) is 45.6 Å². The number of hydrogen-bond donors (Lipinski definition) is 0. The molecule has 0 fully saturated rings. The molecule has 154 valence electrons. The van der Waals surface area contributed by atoms with Crippen molar-refractivity contribution >= 4 is 17.5 Å². The molecule has 4 rings (SSSR count). The first-order valence-corrected chi connectivity index (χ1v) is 10.3. The van der Waals surface area contributed by atoms with Crippen molar-refractivity contribution in [3.63, 3.8) is 0 Å². The quantitative estimate of drug-likeness (QED) is 0.647. The molecular weight excluding hydrogens is 374 g/mol. The molecular formula is C25H27N3O2. The van der Waals surface area contributed by atoms with Crippen LogP contribution >= 0.6 is 0 Å². The molecule has 1 unspecified atom stereocenters. The van der Waals surface area contributed by atoms with Crippen LogP contribution in [0.5, 0.6) is 0 Å². The minimum atomic E-state index is -0.261. The first-order valence-electron chi connectivity index (χ1n) is 10.3. The Morgan fingerprint density at radius 3 is 2.40 bits per heavy atom. The molecule has 0 spiro atoms. The van der Waals surface area contributed by atoms with Crippen molar-refractivity contribution in [2.24, 2.45) is 0 Å². The highest BCUT2D eigenvalue weighted by molar-refractivity contribution is 6.00. The molecule has 0 bridgehead atoms. The predicted octanol–water partition coefficient (Wildman–Crippen LogP) is 4.48. The van der Waals surface area contributed by atoms with E-state index in [9.17, 15) is 9.59 Å². The van der Waals surface area contributed by atoms with Gasteiger partial charge >= 0.3 is 0 Å². The van der Waals surface area contributed by atoms with Gasteiger partial charge < -0.3 is 9.47 Å². The summed E-state index contributed by atoms with van der Waals surface area (Å²) in [7, 11) is 0. The van der Waals surface area contributed by atoms with Gasteiger partial charge in [0.2, 0.25) is 11.8 Å². The maximum atomic E-state index is 13.7. The molecule has 3 aromatic rings. The van der Waals surface area contributed by atoms with Crippen LogP contribution in [0.25, 0.3) is 5.69 Å². The van der Waals surface area contributed by atoms with Crippen LogP contribution in [-0.4, -0.2) is 33.9 Å². The van der Waals surface area contributed by atoms with E-state index in [1.165, 1.54) is 6.92 Å². The summed E-state index contributed by atoms with van der Waals surface area (Å²) in [5.74, 6) is -0.190. The predicted molar refractivity (Wildman–Crippen MR) is 119 cm³/mol. The highest BCUT2D eigenvalue weighted by atomic mass is 16.2. The molecule has 2 aromatic carbocycles. The van der Waals surface area contributed by atoms with Gasteiger partial charge in [-0.05, 0) is 50.6 Å². The van der Waals surface area contributed by atoms with Crippen molar-refractivity contribution in [2.75, 3.05) is 11.4 Å². The highest BCUT2D eigenvalue weighted by Crippen LogP contribution is 2.42. The van der Waals surface area contributed by atoms with E-state index >= 15 is 0 Å². The Hall–Kier alpha value is -3.34. The van der Waals surface area contributed by atoms with Crippen molar-refractivity contribution in [2.45, 2.75) is 39.8 Å². The number of nitrogens with zero attached hydrogens (tertiary/aromatic N) is 3. The Morgan fingerprint density at radius 2 is 1.73 bits per heavy atom. The van der Waals surface area contributed by atoms with Crippen molar-refractivity contribution in [3.05, 3.63) is 83.7 Å². The molecule has 1 aliphatic heterocycles. The third kappa shape index (κ3) is 3.41. The van der Waals surface area contributed by atoms with Gasteiger partial charge in [-0.1, -0.05) is 42.0 Å². The van der Waals surface area contributed by atoms with Gasteiger partial charge in [-0.3, -0.25) is 14.5 Å². The van der Waals surface area contributed by atoms with Crippen LogP contribution < -0.4 is 4.90 Å². The molecule has 1 atom stereocenters. The summed E-state index contributed by atoms with van der Waals surface area (Å²) in [5.41, 5.74) is 5.05. The number of carbonyl (C=O) groups is 2. The Morgan fingerprint density at radius 1 is 1.00 bits per heavy atom. The Bertz CT molecular complexity index is 1100. The van der Waals surface area contributed by atoms with Gasteiger partial charge in [0.15, 0.2) is 0 Å². The molecule has 2 amide bonds. The molecule has 5 heteroatoms. The van der Waals surface area contributed by atoms with Gasteiger partial charge in [-0.15, -0.1) is 0 Å². The van der Waals surface area contributed by atoms with Gasteiger partial charge in [-0.25, -0.2) is 0 Å². The van der Waals surface area contributed by atoms with Crippen molar-refractivity contribution < 1.29 is 9.59 Å². The summed E-state index contributed by atoms with van der Waals surface area (Å²) in [6.07, 6.45) is 2.04. The van der Waals surface area contributed by atoms with E-state index in [1.54, 1.807) is 4.90 Å². The first-order chi connectivity index (χ1) is 14.4. The van der Waals surface area contributed by atoms with E-state index in [4.69, 9.17) is 0 Å². The van der Waals surface area contributed by atoms with E-state index < -0.39 is 0 Å². The van der Waals surface area contributed by atoms with Crippen LogP contribution in [0.1, 0.15) is 43.6 Å². The second-order valence-corrected chi connectivity index (χ2v) is 8.11. The zero-order valence-corrected chi connectivity index (χ0v) is 17.9. The number of amides is 2. The monoisotopic (exact) mass is 401 g/mol. The number of fused-ring (bicyclic) bond motifs is 3. The lowest BCUT2D eigenvalue weighted by atomic mass is 9.96. The Labute approximate surface area is 177 Å². The summed E-state index contributed by atoms with van der Waals surface area (Å²) in [5, 5.41) is 0. The van der Waals surface area contributed by atoms with Crippen LogP contribution in [0, 0.1) is 6.92 Å². The lowest BCUT2D eigenvalue weighted by Gasteiger charge is -2.40. The summed E-state index contributed by atoms with van der Waals surface area (Å²) in [4.78, 5) is 29.3. The maximum absolute atomic E-state index is 13.7. The van der Waals surface area contributed by atoms with E-state index in [-0.39, 0.29) is 30.4 Å². The minimum Gasteiger partial charge on any atom is -0.331 e. The van der Waals surface area contributed by atoms with E-state index in [1.807, 2.05) is 61.3 Å². The van der Waals surface area contributed by atoms with Crippen LogP contribution in [0.3, 0.4) is 0 Å². The average Bonchev–Trinajstić information content (AvgIpc) is 3.20. The number of para-hydroxylation sites is 2. The Kier molecular flexibility index (Phi) is 5.20. The number of benzene rings is 2. The van der Waals surface area contributed by atoms with Crippen LogP contribution in [0.2, 0.25) is 0 Å². The highest BCUT2D eigenvalue weighted by Gasteiger charge is 2.36. The lowest BCUT2D eigenvalue weighted by molar-refractivity contribution is -0.135. The smallest absolute Gasteiger partial charge is 0.247 e. The summed E-state index contributed by atoms with van der Waals surface area (Å²) in [6, 6.07) is 20.0. The van der Waals surface area contributed by atoms with Crippen molar-refractivity contribution in [1.82, 2.24) is 9.47 Å². The molecule has 5 nitrogen and oxygen atoms in total. The number of rotatable bonds is 4. The molecule has 1 aliphatic rings. The fourth-order valence-corrected chi connectivity index (χ4v) is 4.30. The third-order valence-electron chi connectivity index (χ3n) is 5.68. The molecule has 30 heavy (non-hydrogen) atoms. The number of anilines is 1. The fourth-order valence-electron chi connectivity index (χ4n) is 4.30. The maximum Gasteiger partial charge on any atom is 0.247 e. The second-order valence-electron chi connectivity index (χ2n) is 8.11. The molecule has 0 saturated heterocycles. The number of aryl methyl sites for hydroxylation is 1. The molecule has 0 saturated carbocycles. The third-order valence-corrected chi connectivity index (χ3v) is 5.68. The van der Waals surface area contributed by atoms with E-state index in [0.717, 1.165) is 28.2 Å². The number of aromatic nitrogens is 1. The summed E-state index contributed by atoms with van der Waals surface area (Å²) >= 11 is 0. The first kappa shape index (κ1) is 20.0. The average molecular weight is 402 g/mol. The van der Waals surface area contributed by atoms with Gasteiger partial charge in [0.05, 0.1) is 17.1 Å². The number of carbonyl (C=O) groups excluding carboxylic acids is 2. The SMILES string of the molecule is CC(=O)N(CC(=O)N1c2ccccc2-n2cccc2C1c1cccc(C)c1)C(C)C. The second kappa shape index (κ2) is 7.82. The van der Waals surface area contributed by atoms with Gasteiger partial charge in [0.25, 0.3) is 0 Å². The molecule has 2 heterocycles. The van der Waals surface area contributed by atoms with E-state index in [2.05, 4.69) is 35.8 Å². The standard InChI is InChI=1S/C25H27N3O2/c1-17(2)27(19(4)29)16-24(30)28-22-12-6-5-11-21(22)26-14-8-13-23(26)25(28)20-10-7-9-18(3)15-20/h5-15,17,25H,16H2,1-4H3. The van der Waals surface area contributed by atoms with Crippen molar-refractivity contribution in [1.29, 1.82) is 0 Å². The van der Waals surface area contributed by atoms with Gasteiger partial charge in [0, 0.05) is 19.2 Å². The molecule has 0 radical (unpaired) electrons. The van der Waals surface area contributed by atoms with Crippen LogP contribution in [-0.2, 0) is 9.59 Å². The summed E-state index contributed by atoms with van der Waals surface area (Å²) in [6.45, 7) is 7.48. The summed E-state index contributed by atoms with van der Waals surface area (Å²) < 4.78 is 2.15. The zero-order valence-electron chi connectivity index (χ0n) is 17.9. The Balaban J connectivity index is 1.86. The fraction of sp³-hybridized carbons (Fsp3) is 0.280. The minimum absolute atomic E-state index is 0.0460. The van der Waals surface area contributed by atoms with Crippen molar-refractivity contribution in [3.8, 4) is 5.69 Å². The van der Waals surface area contributed by atoms with E-state index in [0.29, 0.717) is 0 Å².